The first kappa shape index (κ1) is 12.0. The molecule has 1 saturated heterocycles. The minimum Gasteiger partial charge on any atom is -0.311 e. The van der Waals surface area contributed by atoms with Crippen molar-refractivity contribution in [2.75, 3.05) is 20.1 Å². The molecule has 1 fully saturated rings. The third-order valence-corrected chi connectivity index (χ3v) is 3.06. The third-order valence-electron chi connectivity index (χ3n) is 3.06. The van der Waals surface area contributed by atoms with Crippen molar-refractivity contribution in [3.63, 3.8) is 0 Å². The van der Waals surface area contributed by atoms with E-state index in [-0.39, 0.29) is 0 Å². The van der Waals surface area contributed by atoms with Crippen molar-refractivity contribution in [3.8, 4) is 0 Å². The maximum Gasteiger partial charge on any atom is 0.00938 e. The summed E-state index contributed by atoms with van der Waals surface area (Å²) in [7, 11) is 2.22. The van der Waals surface area contributed by atoms with Crippen LogP contribution in [0.15, 0.2) is 0 Å². The summed E-state index contributed by atoms with van der Waals surface area (Å²) < 4.78 is 0. The van der Waals surface area contributed by atoms with Crippen LogP contribution in [0.4, 0.5) is 0 Å². The Kier molecular flexibility index (Phi) is 4.90. The second kappa shape index (κ2) is 5.72. The average Bonchev–Trinajstić information content (AvgIpc) is 2.07. The summed E-state index contributed by atoms with van der Waals surface area (Å²) >= 11 is 0. The second-order valence-electron chi connectivity index (χ2n) is 5.27. The van der Waals surface area contributed by atoms with E-state index >= 15 is 0 Å². The lowest BCUT2D eigenvalue weighted by Gasteiger charge is -2.32. The Balaban J connectivity index is 2.17. The van der Waals surface area contributed by atoms with Gasteiger partial charge in [-0.15, -0.1) is 0 Å². The van der Waals surface area contributed by atoms with Gasteiger partial charge >= 0.3 is 0 Å². The van der Waals surface area contributed by atoms with E-state index < -0.39 is 0 Å². The summed E-state index contributed by atoms with van der Waals surface area (Å²) in [5, 5.41) is 3.74. The predicted molar refractivity (Wildman–Crippen MR) is 62.6 cm³/mol. The zero-order valence-corrected chi connectivity index (χ0v) is 10.2. The van der Waals surface area contributed by atoms with Gasteiger partial charge in [0, 0.05) is 12.1 Å². The minimum absolute atomic E-state index is 0.684. The molecule has 1 aliphatic rings. The molecule has 0 bridgehead atoms. The first-order chi connectivity index (χ1) is 6.58. The molecule has 1 aliphatic heterocycles. The van der Waals surface area contributed by atoms with Crippen LogP contribution in [-0.2, 0) is 0 Å². The average molecular weight is 198 g/mol. The summed E-state index contributed by atoms with van der Waals surface area (Å²) in [4.78, 5) is 2.42. The summed E-state index contributed by atoms with van der Waals surface area (Å²) in [6, 6.07) is 1.45. The quantitative estimate of drug-likeness (QED) is 0.744. The largest absolute Gasteiger partial charge is 0.311 e. The summed E-state index contributed by atoms with van der Waals surface area (Å²) in [6.45, 7) is 9.43. The fourth-order valence-electron chi connectivity index (χ4n) is 2.35. The molecule has 1 rings (SSSR count). The van der Waals surface area contributed by atoms with E-state index in [4.69, 9.17) is 0 Å². The van der Waals surface area contributed by atoms with Crippen molar-refractivity contribution in [1.29, 1.82) is 0 Å². The molecular weight excluding hydrogens is 172 g/mol. The highest BCUT2D eigenvalue weighted by Gasteiger charge is 2.18. The van der Waals surface area contributed by atoms with Crippen LogP contribution in [0.3, 0.4) is 0 Å². The highest BCUT2D eigenvalue weighted by Crippen LogP contribution is 2.11. The van der Waals surface area contributed by atoms with Crippen LogP contribution in [0.2, 0.25) is 0 Å². The summed E-state index contributed by atoms with van der Waals surface area (Å²) in [6.07, 6.45) is 3.93. The molecule has 0 spiro atoms. The molecule has 0 radical (unpaired) electrons. The zero-order chi connectivity index (χ0) is 10.6. The van der Waals surface area contributed by atoms with Gasteiger partial charge in [-0.1, -0.05) is 13.8 Å². The molecule has 2 nitrogen and oxygen atoms in total. The van der Waals surface area contributed by atoms with Gasteiger partial charge in [-0.25, -0.2) is 0 Å². The third kappa shape index (κ3) is 4.43. The number of piperidine rings is 1. The zero-order valence-electron chi connectivity index (χ0n) is 10.2. The molecule has 1 atom stereocenters. The monoisotopic (exact) mass is 198 g/mol. The number of hydrogen-bond acceptors (Lipinski definition) is 2. The van der Waals surface area contributed by atoms with Gasteiger partial charge in [-0.2, -0.15) is 0 Å². The Bertz CT molecular complexity index is 148. The number of nitrogens with zero attached hydrogens (tertiary/aromatic N) is 1. The molecule has 0 saturated carbocycles. The summed E-state index contributed by atoms with van der Waals surface area (Å²) in [5.74, 6) is 0.809. The van der Waals surface area contributed by atoms with Crippen LogP contribution in [0, 0.1) is 5.92 Å². The van der Waals surface area contributed by atoms with Gasteiger partial charge in [0.2, 0.25) is 0 Å². The van der Waals surface area contributed by atoms with Crippen molar-refractivity contribution in [3.05, 3.63) is 0 Å². The van der Waals surface area contributed by atoms with Gasteiger partial charge < -0.3 is 10.2 Å². The molecule has 84 valence electrons. The molecule has 1 heterocycles. The maximum absolute atomic E-state index is 3.74. The van der Waals surface area contributed by atoms with Gasteiger partial charge in [0.1, 0.15) is 0 Å². The van der Waals surface area contributed by atoms with Crippen molar-refractivity contribution in [2.24, 2.45) is 5.92 Å². The number of rotatable bonds is 4. The first-order valence-electron chi connectivity index (χ1n) is 6.02. The first-order valence-corrected chi connectivity index (χ1v) is 6.02. The van der Waals surface area contributed by atoms with Crippen LogP contribution in [0.25, 0.3) is 0 Å². The second-order valence-corrected chi connectivity index (χ2v) is 5.27. The highest BCUT2D eigenvalue weighted by molar-refractivity contribution is 4.78. The molecule has 14 heavy (non-hydrogen) atoms. The van der Waals surface area contributed by atoms with Gasteiger partial charge in [0.05, 0.1) is 0 Å². The van der Waals surface area contributed by atoms with Crippen molar-refractivity contribution < 1.29 is 0 Å². The SMILES string of the molecule is CC(C)C[C@@H](C)NC1CCN(C)CC1. The van der Waals surface area contributed by atoms with E-state index in [1.807, 2.05) is 0 Å². The van der Waals surface area contributed by atoms with Crippen molar-refractivity contribution in [2.45, 2.75) is 52.1 Å². The topological polar surface area (TPSA) is 15.3 Å². The molecule has 0 aromatic rings. The predicted octanol–water partition coefficient (Wildman–Crippen LogP) is 2.10. The molecule has 0 amide bonds. The molecule has 0 unspecified atom stereocenters. The van der Waals surface area contributed by atoms with Crippen molar-refractivity contribution in [1.82, 2.24) is 10.2 Å². The van der Waals surface area contributed by atoms with E-state index in [0.717, 1.165) is 12.0 Å². The molecular formula is C12H26N2. The van der Waals surface area contributed by atoms with Crippen LogP contribution < -0.4 is 5.32 Å². The molecule has 0 aliphatic carbocycles. The Morgan fingerprint density at radius 2 is 1.79 bits per heavy atom. The Morgan fingerprint density at radius 1 is 1.21 bits per heavy atom. The van der Waals surface area contributed by atoms with Gasteiger partial charge in [0.25, 0.3) is 0 Å². The Hall–Kier alpha value is -0.0800. The van der Waals surface area contributed by atoms with E-state index in [9.17, 15) is 0 Å². The van der Waals surface area contributed by atoms with E-state index in [2.05, 4.69) is 38.0 Å². The van der Waals surface area contributed by atoms with Gasteiger partial charge in [0.15, 0.2) is 0 Å². The van der Waals surface area contributed by atoms with Crippen LogP contribution >= 0.6 is 0 Å². The standard InChI is InChI=1S/C12H26N2/c1-10(2)9-11(3)13-12-5-7-14(4)8-6-12/h10-13H,5-9H2,1-4H3/t11-/m1/s1. The lowest BCUT2D eigenvalue weighted by Crippen LogP contribution is -2.44. The number of likely N-dealkylation sites (tertiary alicyclic amines) is 1. The van der Waals surface area contributed by atoms with Crippen LogP contribution in [0.5, 0.6) is 0 Å². The van der Waals surface area contributed by atoms with E-state index in [0.29, 0.717) is 6.04 Å². The lowest BCUT2D eigenvalue weighted by atomic mass is 10.0. The smallest absolute Gasteiger partial charge is 0.00938 e. The molecule has 1 N–H and O–H groups in total. The Morgan fingerprint density at radius 3 is 2.29 bits per heavy atom. The maximum atomic E-state index is 3.74. The molecule has 2 heteroatoms. The Labute approximate surface area is 89.1 Å². The van der Waals surface area contributed by atoms with Crippen molar-refractivity contribution >= 4 is 0 Å². The van der Waals surface area contributed by atoms with E-state index in [1.165, 1.54) is 32.4 Å². The fourth-order valence-corrected chi connectivity index (χ4v) is 2.35. The van der Waals surface area contributed by atoms with Crippen LogP contribution in [0.1, 0.15) is 40.0 Å². The molecule has 0 aromatic heterocycles. The highest BCUT2D eigenvalue weighted by atomic mass is 15.1. The lowest BCUT2D eigenvalue weighted by molar-refractivity contribution is 0.222. The number of hydrogen-bond donors (Lipinski definition) is 1. The minimum atomic E-state index is 0.684. The summed E-state index contributed by atoms with van der Waals surface area (Å²) in [5.41, 5.74) is 0. The van der Waals surface area contributed by atoms with E-state index in [1.54, 1.807) is 0 Å². The normalized spacial score (nSPS) is 22.9. The van der Waals surface area contributed by atoms with Gasteiger partial charge in [-0.3, -0.25) is 0 Å². The van der Waals surface area contributed by atoms with Crippen LogP contribution in [-0.4, -0.2) is 37.1 Å². The molecule has 0 aromatic carbocycles. The fraction of sp³-hybridized carbons (Fsp3) is 1.00. The number of nitrogens with one attached hydrogen (secondary N) is 1. The van der Waals surface area contributed by atoms with Gasteiger partial charge in [-0.05, 0) is 52.2 Å².